The molecule has 1 aromatic carbocycles. The van der Waals surface area contributed by atoms with Crippen molar-refractivity contribution in [3.8, 4) is 5.75 Å². The molecule has 1 rings (SSSR count). The SMILES string of the molecule is CCOc1ccc(N)cc1C(=O)O[C@H](C)CC. The van der Waals surface area contributed by atoms with Gasteiger partial charge in [-0.05, 0) is 38.5 Å². The number of rotatable bonds is 5. The Morgan fingerprint density at radius 3 is 2.71 bits per heavy atom. The molecule has 0 aliphatic heterocycles. The van der Waals surface area contributed by atoms with Gasteiger partial charge in [0.1, 0.15) is 11.3 Å². The van der Waals surface area contributed by atoms with Crippen LogP contribution in [0.1, 0.15) is 37.6 Å². The topological polar surface area (TPSA) is 61.5 Å². The van der Waals surface area contributed by atoms with Gasteiger partial charge < -0.3 is 15.2 Å². The van der Waals surface area contributed by atoms with Crippen LogP contribution >= 0.6 is 0 Å². The molecule has 2 N–H and O–H groups in total. The molecule has 0 unspecified atom stereocenters. The molecule has 0 fully saturated rings. The summed E-state index contributed by atoms with van der Waals surface area (Å²) in [5.41, 5.74) is 6.56. The van der Waals surface area contributed by atoms with Gasteiger partial charge in [-0.2, -0.15) is 0 Å². The van der Waals surface area contributed by atoms with Gasteiger partial charge in [0.2, 0.25) is 0 Å². The number of nitrogen functional groups attached to an aromatic ring is 1. The summed E-state index contributed by atoms with van der Waals surface area (Å²) in [6.45, 7) is 6.17. The Kier molecular flexibility index (Phi) is 4.82. The zero-order valence-electron chi connectivity index (χ0n) is 10.5. The molecule has 0 radical (unpaired) electrons. The van der Waals surface area contributed by atoms with Crippen molar-refractivity contribution in [3.05, 3.63) is 23.8 Å². The molecule has 0 aromatic heterocycles. The minimum atomic E-state index is -0.393. The van der Waals surface area contributed by atoms with E-state index in [-0.39, 0.29) is 6.10 Å². The minimum Gasteiger partial charge on any atom is -0.493 e. The highest BCUT2D eigenvalue weighted by Gasteiger charge is 2.16. The van der Waals surface area contributed by atoms with Crippen LogP contribution in [-0.2, 0) is 4.74 Å². The van der Waals surface area contributed by atoms with E-state index in [9.17, 15) is 4.79 Å². The lowest BCUT2D eigenvalue weighted by molar-refractivity contribution is 0.0330. The summed E-state index contributed by atoms with van der Waals surface area (Å²) in [7, 11) is 0. The second-order valence-electron chi connectivity index (χ2n) is 3.81. The highest BCUT2D eigenvalue weighted by atomic mass is 16.5. The quantitative estimate of drug-likeness (QED) is 0.631. The second kappa shape index (κ2) is 6.13. The molecule has 4 heteroatoms. The monoisotopic (exact) mass is 237 g/mol. The highest BCUT2D eigenvalue weighted by molar-refractivity contribution is 5.93. The van der Waals surface area contributed by atoms with Crippen LogP contribution < -0.4 is 10.5 Å². The fourth-order valence-electron chi connectivity index (χ4n) is 1.32. The molecule has 4 nitrogen and oxygen atoms in total. The Morgan fingerprint density at radius 1 is 1.41 bits per heavy atom. The fourth-order valence-corrected chi connectivity index (χ4v) is 1.32. The van der Waals surface area contributed by atoms with Crippen molar-refractivity contribution < 1.29 is 14.3 Å². The van der Waals surface area contributed by atoms with Crippen LogP contribution in [0.3, 0.4) is 0 Å². The number of carbonyl (C=O) groups is 1. The van der Waals surface area contributed by atoms with Crippen molar-refractivity contribution in [1.82, 2.24) is 0 Å². The minimum absolute atomic E-state index is 0.113. The summed E-state index contributed by atoms with van der Waals surface area (Å²) in [5, 5.41) is 0. The standard InChI is InChI=1S/C13H19NO3/c1-4-9(3)17-13(15)11-8-10(14)6-7-12(11)16-5-2/h6-9H,4-5,14H2,1-3H3/t9-/m1/s1. The third-order valence-electron chi connectivity index (χ3n) is 2.41. The summed E-state index contributed by atoms with van der Waals surface area (Å²) in [6, 6.07) is 4.97. The van der Waals surface area contributed by atoms with Crippen molar-refractivity contribution in [2.24, 2.45) is 0 Å². The molecule has 0 amide bonds. The van der Waals surface area contributed by atoms with E-state index in [1.807, 2.05) is 20.8 Å². The number of ether oxygens (including phenoxy) is 2. The number of esters is 1. The Balaban J connectivity index is 2.93. The average Bonchev–Trinajstić information content (AvgIpc) is 2.31. The van der Waals surface area contributed by atoms with E-state index in [0.29, 0.717) is 23.6 Å². The smallest absolute Gasteiger partial charge is 0.342 e. The molecule has 0 saturated heterocycles. The molecule has 0 saturated carbocycles. The molecule has 0 bridgehead atoms. The lowest BCUT2D eigenvalue weighted by Crippen LogP contribution is -2.15. The third-order valence-corrected chi connectivity index (χ3v) is 2.41. The number of anilines is 1. The largest absolute Gasteiger partial charge is 0.493 e. The molecule has 17 heavy (non-hydrogen) atoms. The maximum absolute atomic E-state index is 11.9. The molecule has 0 heterocycles. The predicted molar refractivity (Wildman–Crippen MR) is 67.2 cm³/mol. The van der Waals surface area contributed by atoms with E-state index in [1.165, 1.54) is 0 Å². The van der Waals surface area contributed by atoms with Crippen LogP contribution in [0.2, 0.25) is 0 Å². The van der Waals surface area contributed by atoms with Crippen molar-refractivity contribution in [1.29, 1.82) is 0 Å². The summed E-state index contributed by atoms with van der Waals surface area (Å²) in [5.74, 6) is 0.116. The van der Waals surface area contributed by atoms with Gasteiger partial charge in [0.15, 0.2) is 0 Å². The molecule has 0 spiro atoms. The number of hydrogen-bond donors (Lipinski definition) is 1. The predicted octanol–water partition coefficient (Wildman–Crippen LogP) is 2.62. The molecular formula is C13H19NO3. The molecular weight excluding hydrogens is 218 g/mol. The molecule has 1 aromatic rings. The van der Waals surface area contributed by atoms with Crippen LogP contribution in [0.15, 0.2) is 18.2 Å². The van der Waals surface area contributed by atoms with Gasteiger partial charge in [0.05, 0.1) is 12.7 Å². The lowest BCUT2D eigenvalue weighted by atomic mass is 10.1. The normalized spacial score (nSPS) is 11.9. The van der Waals surface area contributed by atoms with Gasteiger partial charge in [-0.25, -0.2) is 4.79 Å². The van der Waals surface area contributed by atoms with Crippen LogP contribution in [0, 0.1) is 0 Å². The van der Waals surface area contributed by atoms with Gasteiger partial charge in [0, 0.05) is 5.69 Å². The Bertz CT molecular complexity index is 390. The number of hydrogen-bond acceptors (Lipinski definition) is 4. The van der Waals surface area contributed by atoms with E-state index >= 15 is 0 Å². The maximum atomic E-state index is 11.9. The summed E-state index contributed by atoms with van der Waals surface area (Å²) < 4.78 is 10.6. The number of benzene rings is 1. The number of carbonyl (C=O) groups excluding carboxylic acids is 1. The maximum Gasteiger partial charge on any atom is 0.342 e. The third kappa shape index (κ3) is 3.66. The summed E-state index contributed by atoms with van der Waals surface area (Å²) in [4.78, 5) is 11.9. The van der Waals surface area contributed by atoms with Crippen LogP contribution in [0.5, 0.6) is 5.75 Å². The first-order chi connectivity index (χ1) is 8.08. The van der Waals surface area contributed by atoms with Crippen molar-refractivity contribution >= 4 is 11.7 Å². The molecule has 94 valence electrons. The van der Waals surface area contributed by atoms with E-state index in [4.69, 9.17) is 15.2 Å². The average molecular weight is 237 g/mol. The van der Waals surface area contributed by atoms with Crippen LogP contribution in [-0.4, -0.2) is 18.7 Å². The zero-order valence-corrected chi connectivity index (χ0v) is 10.5. The van der Waals surface area contributed by atoms with Gasteiger partial charge in [-0.15, -0.1) is 0 Å². The van der Waals surface area contributed by atoms with E-state index in [2.05, 4.69) is 0 Å². The molecule has 0 aliphatic rings. The first-order valence-corrected chi connectivity index (χ1v) is 5.81. The van der Waals surface area contributed by atoms with Gasteiger partial charge in [0.25, 0.3) is 0 Å². The van der Waals surface area contributed by atoms with Gasteiger partial charge >= 0.3 is 5.97 Å². The zero-order chi connectivity index (χ0) is 12.8. The van der Waals surface area contributed by atoms with Gasteiger partial charge in [-0.3, -0.25) is 0 Å². The Hall–Kier alpha value is -1.71. The first kappa shape index (κ1) is 13.4. The van der Waals surface area contributed by atoms with Crippen molar-refractivity contribution in [2.45, 2.75) is 33.3 Å². The van der Waals surface area contributed by atoms with Gasteiger partial charge in [-0.1, -0.05) is 6.92 Å². The first-order valence-electron chi connectivity index (χ1n) is 5.81. The van der Waals surface area contributed by atoms with E-state index < -0.39 is 5.97 Å². The van der Waals surface area contributed by atoms with Crippen LogP contribution in [0.4, 0.5) is 5.69 Å². The Morgan fingerprint density at radius 2 is 2.12 bits per heavy atom. The summed E-state index contributed by atoms with van der Waals surface area (Å²) >= 11 is 0. The highest BCUT2D eigenvalue weighted by Crippen LogP contribution is 2.23. The lowest BCUT2D eigenvalue weighted by Gasteiger charge is -2.14. The summed E-state index contributed by atoms with van der Waals surface area (Å²) in [6.07, 6.45) is 0.663. The number of nitrogens with two attached hydrogens (primary N) is 1. The van der Waals surface area contributed by atoms with Crippen molar-refractivity contribution in [2.75, 3.05) is 12.3 Å². The second-order valence-corrected chi connectivity index (χ2v) is 3.81. The Labute approximate surface area is 102 Å². The fraction of sp³-hybridized carbons (Fsp3) is 0.462. The van der Waals surface area contributed by atoms with Crippen molar-refractivity contribution in [3.63, 3.8) is 0 Å². The molecule has 1 atom stereocenters. The molecule has 0 aliphatic carbocycles. The van der Waals surface area contributed by atoms with E-state index in [1.54, 1.807) is 18.2 Å². The van der Waals surface area contributed by atoms with E-state index in [0.717, 1.165) is 6.42 Å². The van der Waals surface area contributed by atoms with Crippen LogP contribution in [0.25, 0.3) is 0 Å².